The zero-order valence-electron chi connectivity index (χ0n) is 9.96. The Labute approximate surface area is 123 Å². The van der Waals surface area contributed by atoms with Crippen molar-refractivity contribution >= 4 is 40.0 Å². The first-order chi connectivity index (χ1) is 9.04. The van der Waals surface area contributed by atoms with E-state index >= 15 is 0 Å². The molecule has 6 heteroatoms. The number of rotatable bonds is 3. The van der Waals surface area contributed by atoms with E-state index in [4.69, 9.17) is 4.42 Å². The monoisotopic (exact) mass is 339 g/mol. The number of nitrogens with zero attached hydrogens (tertiary/aromatic N) is 1. The molecule has 0 unspecified atom stereocenters. The second-order valence-electron chi connectivity index (χ2n) is 3.83. The van der Waals surface area contributed by atoms with Gasteiger partial charge in [-0.3, -0.25) is 4.79 Å². The molecule has 1 aromatic carbocycles. The van der Waals surface area contributed by atoms with E-state index in [-0.39, 0.29) is 11.5 Å². The summed E-state index contributed by atoms with van der Waals surface area (Å²) >= 11 is 7.28. The van der Waals surface area contributed by atoms with Crippen molar-refractivity contribution in [2.24, 2.45) is 0 Å². The molecule has 0 aliphatic rings. The van der Waals surface area contributed by atoms with Gasteiger partial charge in [-0.1, -0.05) is 15.9 Å². The van der Waals surface area contributed by atoms with Gasteiger partial charge in [0.2, 0.25) is 5.78 Å². The molecular formula is C13H10BrNO3S. The van der Waals surface area contributed by atoms with Gasteiger partial charge in [-0.05, 0) is 36.6 Å². The Balaban J connectivity index is 2.51. The number of hydrogen-bond acceptors (Lipinski definition) is 4. The quantitative estimate of drug-likeness (QED) is 0.690. The number of allylic oxidation sites excluding steroid dienone is 1. The second-order valence-corrected chi connectivity index (χ2v) is 5.00. The van der Waals surface area contributed by atoms with Gasteiger partial charge in [-0.25, -0.2) is 9.36 Å². The predicted molar refractivity (Wildman–Crippen MR) is 79.5 cm³/mol. The molecule has 1 aromatic heterocycles. The third-order valence-electron chi connectivity index (χ3n) is 2.57. The Bertz CT molecular complexity index is 697. The van der Waals surface area contributed by atoms with Crippen LogP contribution in [0, 0.1) is 0 Å². The normalized spacial score (nSPS) is 11.6. The lowest BCUT2D eigenvalue weighted by Crippen LogP contribution is -2.18. The zero-order valence-corrected chi connectivity index (χ0v) is 12.4. The van der Waals surface area contributed by atoms with Crippen molar-refractivity contribution in [1.29, 1.82) is 0 Å². The number of halogens is 1. The molecule has 19 heavy (non-hydrogen) atoms. The summed E-state index contributed by atoms with van der Waals surface area (Å²) < 4.78 is 6.85. The maximum absolute atomic E-state index is 12.3. The maximum atomic E-state index is 12.3. The van der Waals surface area contributed by atoms with Gasteiger partial charge < -0.3 is 4.42 Å². The minimum Gasteiger partial charge on any atom is -0.415 e. The van der Waals surface area contributed by atoms with Crippen LogP contribution in [-0.2, 0) is 0 Å². The SMILES string of the molecule is C/C(=C/S)n1c(C(=O)c2ccc(Br)cc2)coc1=O. The predicted octanol–water partition coefficient (Wildman–Crippen LogP) is 3.18. The van der Waals surface area contributed by atoms with Crippen molar-refractivity contribution in [1.82, 2.24) is 4.57 Å². The van der Waals surface area contributed by atoms with E-state index in [9.17, 15) is 9.59 Å². The molecule has 0 amide bonds. The van der Waals surface area contributed by atoms with E-state index in [1.54, 1.807) is 31.2 Å². The number of hydrogen-bond donors (Lipinski definition) is 1. The van der Waals surface area contributed by atoms with Crippen LogP contribution in [0.25, 0.3) is 5.70 Å². The van der Waals surface area contributed by atoms with Crippen LogP contribution in [0.4, 0.5) is 0 Å². The van der Waals surface area contributed by atoms with Crippen LogP contribution in [0.1, 0.15) is 23.0 Å². The number of carbonyl (C=O) groups is 1. The first-order valence-corrected chi connectivity index (χ1v) is 6.67. The molecule has 4 nitrogen and oxygen atoms in total. The highest BCUT2D eigenvalue weighted by molar-refractivity contribution is 9.10. The molecule has 0 N–H and O–H groups in total. The minimum atomic E-state index is -0.608. The lowest BCUT2D eigenvalue weighted by molar-refractivity contribution is 0.103. The second kappa shape index (κ2) is 5.63. The Morgan fingerprint density at radius 3 is 2.58 bits per heavy atom. The van der Waals surface area contributed by atoms with Crippen LogP contribution in [0.3, 0.4) is 0 Å². The van der Waals surface area contributed by atoms with Crippen LogP contribution in [0.5, 0.6) is 0 Å². The summed E-state index contributed by atoms with van der Waals surface area (Å²) in [6, 6.07) is 6.87. The van der Waals surface area contributed by atoms with Crippen molar-refractivity contribution in [3.05, 3.63) is 62.2 Å². The van der Waals surface area contributed by atoms with Crippen molar-refractivity contribution in [3.63, 3.8) is 0 Å². The highest BCUT2D eigenvalue weighted by atomic mass is 79.9. The highest BCUT2D eigenvalue weighted by Crippen LogP contribution is 2.16. The molecule has 0 aliphatic heterocycles. The van der Waals surface area contributed by atoms with Gasteiger partial charge in [0.1, 0.15) is 12.0 Å². The fourth-order valence-corrected chi connectivity index (χ4v) is 1.99. The number of benzene rings is 1. The van der Waals surface area contributed by atoms with Gasteiger partial charge in [0.15, 0.2) is 0 Å². The molecule has 2 rings (SSSR count). The van der Waals surface area contributed by atoms with Crippen molar-refractivity contribution in [3.8, 4) is 0 Å². The third-order valence-corrected chi connectivity index (χ3v) is 3.48. The molecule has 0 fully saturated rings. The maximum Gasteiger partial charge on any atom is 0.423 e. The highest BCUT2D eigenvalue weighted by Gasteiger charge is 2.18. The topological polar surface area (TPSA) is 52.2 Å². The number of oxazole rings is 1. The number of ketones is 1. The van der Waals surface area contributed by atoms with Gasteiger partial charge in [0.05, 0.1) is 0 Å². The largest absolute Gasteiger partial charge is 0.423 e. The molecule has 0 aliphatic carbocycles. The van der Waals surface area contributed by atoms with Crippen LogP contribution >= 0.6 is 28.6 Å². The standard InChI is InChI=1S/C13H10BrNO3S/c1-8(7-19)15-11(6-18-13(15)17)12(16)9-2-4-10(14)5-3-9/h2-7,19H,1H3/b8-7-. The van der Waals surface area contributed by atoms with Gasteiger partial charge >= 0.3 is 5.76 Å². The average Bonchev–Trinajstić information content (AvgIpc) is 2.80. The van der Waals surface area contributed by atoms with Crippen molar-refractivity contribution in [2.45, 2.75) is 6.92 Å². The van der Waals surface area contributed by atoms with E-state index in [0.717, 1.165) is 10.7 Å². The molecule has 0 saturated heterocycles. The summed E-state index contributed by atoms with van der Waals surface area (Å²) in [5.74, 6) is -0.892. The lowest BCUT2D eigenvalue weighted by atomic mass is 10.1. The zero-order chi connectivity index (χ0) is 14.0. The molecule has 0 radical (unpaired) electrons. The summed E-state index contributed by atoms with van der Waals surface area (Å²) in [5, 5.41) is 1.44. The van der Waals surface area contributed by atoms with Crippen LogP contribution in [0.2, 0.25) is 0 Å². The Morgan fingerprint density at radius 2 is 2.00 bits per heavy atom. The number of aromatic nitrogens is 1. The molecule has 0 spiro atoms. The van der Waals surface area contributed by atoms with E-state index in [0.29, 0.717) is 11.3 Å². The molecule has 0 bridgehead atoms. The van der Waals surface area contributed by atoms with Crippen LogP contribution in [-0.4, -0.2) is 10.4 Å². The molecular weight excluding hydrogens is 330 g/mol. The summed E-state index contributed by atoms with van der Waals surface area (Å²) in [7, 11) is 0. The summed E-state index contributed by atoms with van der Waals surface area (Å²) in [6.07, 6.45) is 1.16. The fourth-order valence-electron chi connectivity index (χ4n) is 1.61. The summed E-state index contributed by atoms with van der Waals surface area (Å²) in [6.45, 7) is 1.67. The summed E-state index contributed by atoms with van der Waals surface area (Å²) in [5.41, 5.74) is 1.17. The molecule has 0 saturated carbocycles. The molecule has 98 valence electrons. The van der Waals surface area contributed by atoms with Crippen molar-refractivity contribution in [2.75, 3.05) is 0 Å². The van der Waals surface area contributed by atoms with Gasteiger partial charge in [0, 0.05) is 15.7 Å². The Hall–Kier alpha value is -1.53. The molecule has 0 atom stereocenters. The van der Waals surface area contributed by atoms with E-state index in [2.05, 4.69) is 28.6 Å². The van der Waals surface area contributed by atoms with Crippen LogP contribution < -0.4 is 5.76 Å². The Morgan fingerprint density at radius 1 is 1.37 bits per heavy atom. The first-order valence-electron chi connectivity index (χ1n) is 5.36. The smallest absolute Gasteiger partial charge is 0.415 e. The van der Waals surface area contributed by atoms with E-state index in [1.807, 2.05) is 0 Å². The molecule has 2 aromatic rings. The minimum absolute atomic E-state index is 0.176. The lowest BCUT2D eigenvalue weighted by Gasteiger charge is -2.04. The third kappa shape index (κ3) is 2.74. The van der Waals surface area contributed by atoms with Gasteiger partial charge in [-0.2, -0.15) is 0 Å². The summed E-state index contributed by atoms with van der Waals surface area (Å²) in [4.78, 5) is 23.9. The average molecular weight is 340 g/mol. The van der Waals surface area contributed by atoms with Gasteiger partial charge in [-0.15, -0.1) is 12.6 Å². The number of carbonyl (C=O) groups excluding carboxylic acids is 1. The molecule has 1 heterocycles. The first kappa shape index (κ1) is 13.9. The van der Waals surface area contributed by atoms with Crippen molar-refractivity contribution < 1.29 is 9.21 Å². The number of thiol groups is 1. The fraction of sp³-hybridized carbons (Fsp3) is 0.0769. The van der Waals surface area contributed by atoms with E-state index in [1.165, 1.54) is 9.98 Å². The Kier molecular flexibility index (Phi) is 4.11. The van der Waals surface area contributed by atoms with Crippen LogP contribution in [0.15, 0.2) is 49.6 Å². The van der Waals surface area contributed by atoms with E-state index < -0.39 is 5.76 Å². The van der Waals surface area contributed by atoms with Gasteiger partial charge in [0.25, 0.3) is 0 Å².